The number of benzene rings is 1. The molecule has 23 heavy (non-hydrogen) atoms. The zero-order valence-electron chi connectivity index (χ0n) is 11.6. The monoisotopic (exact) mass is 318 g/mol. The third kappa shape index (κ3) is 2.23. The molecule has 0 unspecified atom stereocenters. The number of halogens is 3. The lowest BCUT2D eigenvalue weighted by atomic mass is 10.1. The van der Waals surface area contributed by atoms with E-state index in [9.17, 15) is 13.2 Å². The molecule has 4 rings (SSSR count). The maximum absolute atomic E-state index is 13.1. The second-order valence-corrected chi connectivity index (χ2v) is 4.98. The first-order valence-corrected chi connectivity index (χ1v) is 6.74. The van der Waals surface area contributed by atoms with Gasteiger partial charge in [0.1, 0.15) is 5.69 Å². The minimum Gasteiger partial charge on any atom is -0.468 e. The Labute approximate surface area is 128 Å². The SMILES string of the molecule is FC(F)(F)c1nnc2n1-c1cc(-c3ccccc3)cnc1OC2. The van der Waals surface area contributed by atoms with Crippen LogP contribution in [0.15, 0.2) is 42.6 Å². The van der Waals surface area contributed by atoms with Crippen LogP contribution in [-0.4, -0.2) is 19.7 Å². The van der Waals surface area contributed by atoms with Crippen LogP contribution in [0.1, 0.15) is 11.6 Å². The molecule has 1 aromatic carbocycles. The molecule has 1 aliphatic rings. The van der Waals surface area contributed by atoms with Crippen LogP contribution in [-0.2, 0) is 12.8 Å². The van der Waals surface area contributed by atoms with E-state index in [2.05, 4.69) is 15.2 Å². The predicted molar refractivity (Wildman–Crippen MR) is 73.9 cm³/mol. The molecular formula is C15H9F3N4O. The molecule has 0 aliphatic carbocycles. The minimum atomic E-state index is -4.61. The van der Waals surface area contributed by atoms with Crippen LogP contribution >= 0.6 is 0 Å². The van der Waals surface area contributed by atoms with E-state index < -0.39 is 12.0 Å². The van der Waals surface area contributed by atoms with Gasteiger partial charge in [0.25, 0.3) is 0 Å². The molecule has 0 fully saturated rings. The van der Waals surface area contributed by atoms with Gasteiger partial charge in [0.05, 0.1) is 0 Å². The van der Waals surface area contributed by atoms with Crippen molar-refractivity contribution in [3.05, 3.63) is 54.2 Å². The Morgan fingerprint density at radius 3 is 2.57 bits per heavy atom. The maximum Gasteiger partial charge on any atom is 0.452 e. The first-order valence-electron chi connectivity index (χ1n) is 6.74. The van der Waals surface area contributed by atoms with E-state index >= 15 is 0 Å². The third-order valence-corrected chi connectivity index (χ3v) is 3.50. The van der Waals surface area contributed by atoms with Crippen molar-refractivity contribution in [1.82, 2.24) is 19.7 Å². The van der Waals surface area contributed by atoms with Crippen molar-refractivity contribution >= 4 is 0 Å². The molecule has 116 valence electrons. The number of aromatic nitrogens is 4. The summed E-state index contributed by atoms with van der Waals surface area (Å²) in [5.74, 6) is -0.858. The van der Waals surface area contributed by atoms with Gasteiger partial charge in [0.2, 0.25) is 11.7 Å². The summed E-state index contributed by atoms with van der Waals surface area (Å²) in [6.07, 6.45) is -3.04. The van der Waals surface area contributed by atoms with Gasteiger partial charge < -0.3 is 4.74 Å². The first kappa shape index (κ1) is 13.7. The van der Waals surface area contributed by atoms with Gasteiger partial charge in [0, 0.05) is 11.8 Å². The highest BCUT2D eigenvalue weighted by Gasteiger charge is 2.40. The molecular weight excluding hydrogens is 309 g/mol. The summed E-state index contributed by atoms with van der Waals surface area (Å²) in [6.45, 7) is -0.103. The summed E-state index contributed by atoms with van der Waals surface area (Å²) >= 11 is 0. The van der Waals surface area contributed by atoms with Crippen molar-refractivity contribution in [3.63, 3.8) is 0 Å². The molecule has 1 aliphatic heterocycles. The average molecular weight is 318 g/mol. The highest BCUT2D eigenvalue weighted by atomic mass is 19.4. The van der Waals surface area contributed by atoms with Crippen LogP contribution in [0.4, 0.5) is 13.2 Å². The normalized spacial score (nSPS) is 13.2. The summed E-state index contributed by atoms with van der Waals surface area (Å²) in [7, 11) is 0. The summed E-state index contributed by atoms with van der Waals surface area (Å²) in [6, 6.07) is 10.8. The van der Waals surface area contributed by atoms with Gasteiger partial charge in [-0.1, -0.05) is 30.3 Å². The van der Waals surface area contributed by atoms with E-state index in [-0.39, 0.29) is 24.0 Å². The Bertz CT molecular complexity index is 874. The molecule has 0 saturated carbocycles. The van der Waals surface area contributed by atoms with Crippen molar-refractivity contribution in [2.75, 3.05) is 0 Å². The Kier molecular flexibility index (Phi) is 2.87. The fourth-order valence-electron chi connectivity index (χ4n) is 2.48. The lowest BCUT2D eigenvalue weighted by Crippen LogP contribution is -2.20. The van der Waals surface area contributed by atoms with Crippen molar-refractivity contribution in [3.8, 4) is 22.7 Å². The summed E-state index contributed by atoms with van der Waals surface area (Å²) in [5, 5.41) is 6.82. The number of alkyl halides is 3. The van der Waals surface area contributed by atoms with Crippen LogP contribution in [0.5, 0.6) is 5.88 Å². The van der Waals surface area contributed by atoms with E-state index in [0.29, 0.717) is 5.56 Å². The van der Waals surface area contributed by atoms with Crippen molar-refractivity contribution < 1.29 is 17.9 Å². The van der Waals surface area contributed by atoms with Gasteiger partial charge >= 0.3 is 6.18 Å². The van der Waals surface area contributed by atoms with Gasteiger partial charge in [-0.05, 0) is 11.6 Å². The van der Waals surface area contributed by atoms with E-state index in [1.54, 1.807) is 12.3 Å². The Morgan fingerprint density at radius 1 is 1.04 bits per heavy atom. The van der Waals surface area contributed by atoms with Crippen molar-refractivity contribution in [2.24, 2.45) is 0 Å². The average Bonchev–Trinajstić information content (AvgIpc) is 3.00. The lowest BCUT2D eigenvalue weighted by Gasteiger charge is -2.20. The molecule has 3 aromatic rings. The van der Waals surface area contributed by atoms with Crippen LogP contribution in [0, 0.1) is 0 Å². The maximum atomic E-state index is 13.1. The topological polar surface area (TPSA) is 52.8 Å². The van der Waals surface area contributed by atoms with E-state index in [1.807, 2.05) is 30.3 Å². The van der Waals surface area contributed by atoms with Crippen LogP contribution < -0.4 is 4.74 Å². The van der Waals surface area contributed by atoms with Crippen molar-refractivity contribution in [1.29, 1.82) is 0 Å². The van der Waals surface area contributed by atoms with Gasteiger partial charge in [-0.15, -0.1) is 10.2 Å². The standard InChI is InChI=1S/C15H9F3N4O/c16-15(17,18)14-21-20-12-8-23-13-11(22(12)14)6-10(7-19-13)9-4-2-1-3-5-9/h1-7H,8H2. The largest absolute Gasteiger partial charge is 0.468 e. The fourth-order valence-corrected chi connectivity index (χ4v) is 2.48. The third-order valence-electron chi connectivity index (χ3n) is 3.50. The summed E-state index contributed by atoms with van der Waals surface area (Å²) < 4.78 is 45.7. The van der Waals surface area contributed by atoms with Gasteiger partial charge in [0.15, 0.2) is 12.4 Å². The number of rotatable bonds is 1. The van der Waals surface area contributed by atoms with Crippen molar-refractivity contribution in [2.45, 2.75) is 12.8 Å². The van der Waals surface area contributed by atoms with Crippen LogP contribution in [0.3, 0.4) is 0 Å². The molecule has 3 heterocycles. The number of pyridine rings is 1. The Balaban J connectivity index is 1.91. The summed E-state index contributed by atoms with van der Waals surface area (Å²) in [4.78, 5) is 4.13. The smallest absolute Gasteiger partial charge is 0.452 e. The number of ether oxygens (including phenoxy) is 1. The second kappa shape index (κ2) is 4.80. The zero-order valence-corrected chi connectivity index (χ0v) is 11.6. The first-order chi connectivity index (χ1) is 11.0. The second-order valence-electron chi connectivity index (χ2n) is 4.98. The number of nitrogens with zero attached hydrogens (tertiary/aromatic N) is 4. The lowest BCUT2D eigenvalue weighted by molar-refractivity contribution is -0.146. The fraction of sp³-hybridized carbons (Fsp3) is 0.133. The molecule has 8 heteroatoms. The molecule has 0 radical (unpaired) electrons. The molecule has 0 N–H and O–H groups in total. The highest BCUT2D eigenvalue weighted by Crippen LogP contribution is 2.36. The quantitative estimate of drug-likeness (QED) is 0.691. The van der Waals surface area contributed by atoms with E-state index in [1.165, 1.54) is 0 Å². The molecule has 0 saturated heterocycles. The molecule has 2 aromatic heterocycles. The molecule has 0 bridgehead atoms. The molecule has 0 amide bonds. The van der Waals surface area contributed by atoms with E-state index in [4.69, 9.17) is 4.74 Å². The van der Waals surface area contributed by atoms with Gasteiger partial charge in [-0.3, -0.25) is 4.57 Å². The molecule has 0 spiro atoms. The summed E-state index contributed by atoms with van der Waals surface area (Å²) in [5.41, 5.74) is 1.71. The van der Waals surface area contributed by atoms with Gasteiger partial charge in [-0.2, -0.15) is 13.2 Å². The molecule has 0 atom stereocenters. The van der Waals surface area contributed by atoms with Gasteiger partial charge in [-0.25, -0.2) is 4.98 Å². The predicted octanol–water partition coefficient (Wildman–Crippen LogP) is 3.24. The Morgan fingerprint density at radius 2 is 1.83 bits per heavy atom. The highest BCUT2D eigenvalue weighted by molar-refractivity contribution is 5.67. The van der Waals surface area contributed by atoms with Crippen LogP contribution in [0.2, 0.25) is 0 Å². The Hall–Kier alpha value is -2.90. The minimum absolute atomic E-state index is 0.0943. The molecule has 5 nitrogen and oxygen atoms in total. The van der Waals surface area contributed by atoms with Crippen LogP contribution in [0.25, 0.3) is 16.8 Å². The number of hydrogen-bond acceptors (Lipinski definition) is 4. The van der Waals surface area contributed by atoms with E-state index in [0.717, 1.165) is 10.1 Å². The zero-order chi connectivity index (χ0) is 16.0. The number of hydrogen-bond donors (Lipinski definition) is 0. The number of fused-ring (bicyclic) bond motifs is 3.